The third-order valence-corrected chi connectivity index (χ3v) is 5.51. The van der Waals surface area contributed by atoms with E-state index < -0.39 is 9.84 Å². The number of nitrogens with two attached hydrogens (primary N) is 1. The van der Waals surface area contributed by atoms with Crippen LogP contribution in [-0.2, 0) is 9.84 Å². The fourth-order valence-electron chi connectivity index (χ4n) is 3.09. The number of aromatic nitrogens is 2. The van der Waals surface area contributed by atoms with Crippen LogP contribution in [0.1, 0.15) is 57.4 Å². The van der Waals surface area contributed by atoms with Crippen molar-refractivity contribution in [2.45, 2.75) is 68.3 Å². The van der Waals surface area contributed by atoms with Crippen LogP contribution in [0.15, 0.2) is 4.90 Å². The van der Waals surface area contributed by atoms with Gasteiger partial charge >= 0.3 is 0 Å². The number of nitrogens with one attached hydrogen (secondary N) is 1. The highest BCUT2D eigenvalue weighted by Crippen LogP contribution is 2.36. The molecule has 0 amide bonds. The molecule has 7 heteroatoms. The van der Waals surface area contributed by atoms with E-state index in [0.29, 0.717) is 17.7 Å². The highest BCUT2D eigenvalue weighted by Gasteiger charge is 2.31. The van der Waals surface area contributed by atoms with Gasteiger partial charge in [0, 0.05) is 12.3 Å². The predicted octanol–water partition coefficient (Wildman–Crippen LogP) is 2.34. The van der Waals surface area contributed by atoms with Gasteiger partial charge in [0.25, 0.3) is 0 Å². The molecule has 0 aromatic carbocycles. The molecule has 3 N–H and O–H groups in total. The van der Waals surface area contributed by atoms with Gasteiger partial charge < -0.3 is 11.1 Å². The van der Waals surface area contributed by atoms with E-state index in [-0.39, 0.29) is 10.9 Å². The molecule has 0 radical (unpaired) electrons. The number of anilines is 2. The Morgan fingerprint density at radius 2 is 1.76 bits per heavy atom. The van der Waals surface area contributed by atoms with E-state index in [4.69, 9.17) is 5.73 Å². The predicted molar refractivity (Wildman–Crippen MR) is 83.1 cm³/mol. The van der Waals surface area contributed by atoms with Crippen LogP contribution in [0, 0.1) is 0 Å². The highest BCUT2D eigenvalue weighted by atomic mass is 32.2. The average molecular weight is 312 g/mol. The maximum absolute atomic E-state index is 12.1. The number of nitrogens with zero attached hydrogens (tertiary/aromatic N) is 2. The number of nitrogen functional groups attached to an aromatic ring is 1. The first-order valence-electron chi connectivity index (χ1n) is 7.81. The van der Waals surface area contributed by atoms with Crippen molar-refractivity contribution >= 4 is 21.5 Å². The molecule has 118 valence electrons. The van der Waals surface area contributed by atoms with E-state index in [0.717, 1.165) is 38.5 Å². The number of hydrogen-bond donors (Lipinski definition) is 2. The minimum absolute atomic E-state index is 0.179. The zero-order valence-electron chi connectivity index (χ0n) is 12.5. The Bertz CT molecular complexity index is 611. The summed E-state index contributed by atoms with van der Waals surface area (Å²) in [6.07, 6.45) is 10.2. The van der Waals surface area contributed by atoms with Crippen LogP contribution in [0.25, 0.3) is 0 Å². The largest absolute Gasteiger partial charge is 0.383 e. The Balaban J connectivity index is 1.98. The van der Waals surface area contributed by atoms with Crippen molar-refractivity contribution < 1.29 is 8.42 Å². The van der Waals surface area contributed by atoms with Crippen molar-refractivity contribution in [1.29, 1.82) is 0 Å². The second-order valence-corrected chi connectivity index (χ2v) is 8.30. The summed E-state index contributed by atoms with van der Waals surface area (Å²) in [5.41, 5.74) is 6.15. The normalized spacial score (nSPS) is 21.2. The third-order valence-electron chi connectivity index (χ3n) is 4.36. The molecule has 2 aliphatic rings. The zero-order chi connectivity index (χ0) is 15.0. The molecule has 0 atom stereocenters. The second kappa shape index (κ2) is 5.51. The molecule has 0 bridgehead atoms. The fourth-order valence-corrected chi connectivity index (χ4v) is 4.02. The van der Waals surface area contributed by atoms with Gasteiger partial charge in [-0.1, -0.05) is 25.7 Å². The molecule has 6 nitrogen and oxygen atoms in total. The van der Waals surface area contributed by atoms with Crippen LogP contribution in [0.3, 0.4) is 0 Å². The lowest BCUT2D eigenvalue weighted by Crippen LogP contribution is -2.13. The Hall–Kier alpha value is -1.24. The van der Waals surface area contributed by atoms with Crippen molar-refractivity contribution in [1.82, 2.24) is 9.78 Å². The van der Waals surface area contributed by atoms with Gasteiger partial charge in [-0.2, -0.15) is 5.10 Å². The van der Waals surface area contributed by atoms with Crippen LogP contribution in [0.5, 0.6) is 0 Å². The molecule has 0 aliphatic heterocycles. The Morgan fingerprint density at radius 1 is 1.14 bits per heavy atom. The summed E-state index contributed by atoms with van der Waals surface area (Å²) < 4.78 is 25.9. The lowest BCUT2D eigenvalue weighted by Gasteiger charge is -2.16. The number of sulfone groups is 1. The molecule has 1 aromatic rings. The quantitative estimate of drug-likeness (QED) is 0.833. The number of rotatable bonds is 4. The Morgan fingerprint density at radius 3 is 2.29 bits per heavy atom. The van der Waals surface area contributed by atoms with E-state index in [9.17, 15) is 8.42 Å². The summed E-state index contributed by atoms with van der Waals surface area (Å²) in [6.45, 7) is 0. The van der Waals surface area contributed by atoms with E-state index >= 15 is 0 Å². The van der Waals surface area contributed by atoms with Gasteiger partial charge in [0.05, 0.1) is 6.04 Å². The topological polar surface area (TPSA) is 90.0 Å². The van der Waals surface area contributed by atoms with Crippen LogP contribution < -0.4 is 11.1 Å². The summed E-state index contributed by atoms with van der Waals surface area (Å²) in [5, 5.41) is 7.74. The second-order valence-electron chi connectivity index (χ2n) is 6.34. The third kappa shape index (κ3) is 3.17. The lowest BCUT2D eigenvalue weighted by molar-refractivity contribution is 0.411. The van der Waals surface area contributed by atoms with E-state index in [1.807, 2.05) is 0 Å². The maximum Gasteiger partial charge on any atom is 0.182 e. The SMILES string of the molecule is CS(=O)(=O)c1c(NC2CC2)nn(C2CCCCCC2)c1N. The average Bonchev–Trinajstić information content (AvgIpc) is 3.16. The monoisotopic (exact) mass is 312 g/mol. The standard InChI is InChI=1S/C14H24N4O2S/c1-21(19,20)12-13(15)18(11-6-4-2-3-5-7-11)17-14(12)16-10-8-9-10/h10-11H,2-9,15H2,1H3,(H,16,17). The summed E-state index contributed by atoms with van der Waals surface area (Å²) in [6, 6.07) is 0.574. The molecular weight excluding hydrogens is 288 g/mol. The molecular formula is C14H24N4O2S. The molecule has 0 saturated heterocycles. The molecule has 1 heterocycles. The molecule has 2 saturated carbocycles. The minimum Gasteiger partial charge on any atom is -0.383 e. The molecule has 21 heavy (non-hydrogen) atoms. The fraction of sp³-hybridized carbons (Fsp3) is 0.786. The number of hydrogen-bond acceptors (Lipinski definition) is 5. The van der Waals surface area contributed by atoms with Crippen LogP contribution >= 0.6 is 0 Å². The molecule has 2 aliphatic carbocycles. The first kappa shape index (κ1) is 14.7. The van der Waals surface area contributed by atoms with Gasteiger partial charge in [0.15, 0.2) is 20.6 Å². The van der Waals surface area contributed by atoms with Crippen molar-refractivity contribution in [3.05, 3.63) is 0 Å². The molecule has 0 unspecified atom stereocenters. The van der Waals surface area contributed by atoms with Crippen molar-refractivity contribution in [2.75, 3.05) is 17.3 Å². The zero-order valence-corrected chi connectivity index (χ0v) is 13.3. The van der Waals surface area contributed by atoms with E-state index in [2.05, 4.69) is 10.4 Å². The molecule has 2 fully saturated rings. The Kier molecular flexibility index (Phi) is 3.86. The summed E-state index contributed by atoms with van der Waals surface area (Å²) in [7, 11) is -3.38. The summed E-state index contributed by atoms with van der Waals surface area (Å²) >= 11 is 0. The first-order valence-corrected chi connectivity index (χ1v) is 9.70. The molecule has 3 rings (SSSR count). The first-order chi connectivity index (χ1) is 9.97. The van der Waals surface area contributed by atoms with Gasteiger partial charge in [-0.25, -0.2) is 13.1 Å². The summed E-state index contributed by atoms with van der Waals surface area (Å²) in [4.78, 5) is 0.179. The maximum atomic E-state index is 12.1. The molecule has 1 aromatic heterocycles. The van der Waals surface area contributed by atoms with Crippen molar-refractivity contribution in [3.63, 3.8) is 0 Å². The van der Waals surface area contributed by atoms with Crippen molar-refractivity contribution in [3.8, 4) is 0 Å². The van der Waals surface area contributed by atoms with Gasteiger partial charge in [-0.15, -0.1) is 0 Å². The minimum atomic E-state index is -3.38. The highest BCUT2D eigenvalue weighted by molar-refractivity contribution is 7.91. The van der Waals surface area contributed by atoms with Gasteiger partial charge in [0.1, 0.15) is 5.82 Å². The van der Waals surface area contributed by atoms with Gasteiger partial charge in [-0.3, -0.25) is 0 Å². The Labute approximate surface area is 126 Å². The van der Waals surface area contributed by atoms with Crippen molar-refractivity contribution in [2.24, 2.45) is 0 Å². The van der Waals surface area contributed by atoms with Gasteiger partial charge in [-0.05, 0) is 25.7 Å². The smallest absolute Gasteiger partial charge is 0.182 e. The van der Waals surface area contributed by atoms with Gasteiger partial charge in [0.2, 0.25) is 0 Å². The van der Waals surface area contributed by atoms with Crippen LogP contribution in [-0.4, -0.2) is 30.5 Å². The van der Waals surface area contributed by atoms with Crippen LogP contribution in [0.2, 0.25) is 0 Å². The lowest BCUT2D eigenvalue weighted by atomic mass is 10.1. The summed E-state index contributed by atoms with van der Waals surface area (Å²) in [5.74, 6) is 0.745. The van der Waals surface area contributed by atoms with E-state index in [1.54, 1.807) is 4.68 Å². The van der Waals surface area contributed by atoms with Crippen LogP contribution in [0.4, 0.5) is 11.6 Å². The van der Waals surface area contributed by atoms with E-state index in [1.165, 1.54) is 19.1 Å². The molecule has 0 spiro atoms.